The molecule has 3 aromatic rings. The summed E-state index contributed by atoms with van der Waals surface area (Å²) >= 11 is 0. The highest BCUT2D eigenvalue weighted by Crippen LogP contribution is 2.27. The predicted octanol–water partition coefficient (Wildman–Crippen LogP) is 3.39. The zero-order valence-corrected chi connectivity index (χ0v) is 19.0. The molecule has 1 amide bonds. The van der Waals surface area contributed by atoms with Gasteiger partial charge in [0.25, 0.3) is 0 Å². The molecule has 1 aliphatic rings. The van der Waals surface area contributed by atoms with Gasteiger partial charge in [0.15, 0.2) is 5.82 Å². The number of likely N-dealkylation sites (tertiary alicyclic amines) is 1. The van der Waals surface area contributed by atoms with E-state index in [0.29, 0.717) is 46.8 Å². The van der Waals surface area contributed by atoms with Crippen molar-refractivity contribution >= 4 is 22.9 Å². The van der Waals surface area contributed by atoms with Crippen LogP contribution in [-0.4, -0.2) is 62.8 Å². The van der Waals surface area contributed by atoms with E-state index in [9.17, 15) is 10.1 Å². The molecule has 1 fully saturated rings. The zero-order valence-electron chi connectivity index (χ0n) is 19.0. The molecule has 0 bridgehead atoms. The van der Waals surface area contributed by atoms with Gasteiger partial charge in [-0.15, -0.1) is 0 Å². The van der Waals surface area contributed by atoms with E-state index in [1.165, 1.54) is 13.4 Å². The number of hydrogen-bond donors (Lipinski definition) is 1. The molecule has 0 unspecified atom stereocenters. The van der Waals surface area contributed by atoms with E-state index >= 15 is 0 Å². The second-order valence-corrected chi connectivity index (χ2v) is 8.74. The number of fused-ring (bicyclic) bond motifs is 1. The molecule has 0 spiro atoms. The average Bonchev–Trinajstić information content (AvgIpc) is 3.26. The van der Waals surface area contributed by atoms with Crippen molar-refractivity contribution in [3.05, 3.63) is 36.3 Å². The highest BCUT2D eigenvalue weighted by atomic mass is 16.6. The molecule has 170 valence electrons. The predicted molar refractivity (Wildman–Crippen MR) is 122 cm³/mol. The molecule has 1 aliphatic heterocycles. The number of nitriles is 1. The Morgan fingerprint density at radius 1 is 1.27 bits per heavy atom. The normalized spacial score (nSPS) is 15.8. The van der Waals surface area contributed by atoms with Gasteiger partial charge in [-0.25, -0.2) is 24.7 Å². The molecule has 10 heteroatoms. The monoisotopic (exact) mass is 447 g/mol. The Balaban J connectivity index is 1.57. The van der Waals surface area contributed by atoms with Crippen molar-refractivity contribution in [3.63, 3.8) is 0 Å². The second-order valence-electron chi connectivity index (χ2n) is 8.74. The lowest BCUT2D eigenvalue weighted by atomic mass is 10.1. The Labute approximate surface area is 191 Å². The molecule has 0 radical (unpaired) electrons. The fraction of sp³-hybridized carbons (Fsp3) is 0.391. The summed E-state index contributed by atoms with van der Waals surface area (Å²) in [6, 6.07) is 7.45. The molecule has 1 saturated heterocycles. The molecule has 3 aromatic heterocycles. The standard InChI is InChI=1S/C23H25N7O3/c1-23(2,3)33-22(31)30-8-7-16(12-30)28-20-19-18(26-13-27-20)6-5-17(29-19)15-9-14(10-24)21(32-4)25-11-15/h5-6,9,11,13,16H,7-8,12H2,1-4H3,(H,26,27,28)/t16-/m0/s1. The number of carbonyl (C=O) groups is 1. The second kappa shape index (κ2) is 8.86. The fourth-order valence-corrected chi connectivity index (χ4v) is 3.61. The number of amides is 1. The first-order chi connectivity index (χ1) is 15.8. The first-order valence-electron chi connectivity index (χ1n) is 10.6. The molecular formula is C23H25N7O3. The van der Waals surface area contributed by atoms with E-state index in [2.05, 4.69) is 26.3 Å². The molecule has 0 aliphatic carbocycles. The number of carbonyl (C=O) groups excluding carboxylic acids is 1. The lowest BCUT2D eigenvalue weighted by Gasteiger charge is -2.24. The molecular weight excluding hydrogens is 422 g/mol. The van der Waals surface area contributed by atoms with E-state index in [4.69, 9.17) is 14.5 Å². The first-order valence-corrected chi connectivity index (χ1v) is 10.6. The lowest BCUT2D eigenvalue weighted by molar-refractivity contribution is 0.0293. The Bertz CT molecular complexity index is 1230. The summed E-state index contributed by atoms with van der Waals surface area (Å²) in [7, 11) is 1.47. The Morgan fingerprint density at radius 2 is 2.09 bits per heavy atom. The third-order valence-corrected chi connectivity index (χ3v) is 5.12. The third kappa shape index (κ3) is 4.92. The molecule has 4 rings (SSSR count). The van der Waals surface area contributed by atoms with Crippen LogP contribution in [0.25, 0.3) is 22.3 Å². The molecule has 1 N–H and O–H groups in total. The number of anilines is 1. The van der Waals surface area contributed by atoms with Crippen molar-refractivity contribution in [1.82, 2.24) is 24.8 Å². The van der Waals surface area contributed by atoms with Gasteiger partial charge in [0.05, 0.1) is 18.3 Å². The number of pyridine rings is 2. The average molecular weight is 447 g/mol. The number of aromatic nitrogens is 4. The summed E-state index contributed by atoms with van der Waals surface area (Å²) in [5.41, 5.74) is 2.39. The van der Waals surface area contributed by atoms with Crippen molar-refractivity contribution in [2.45, 2.75) is 38.8 Å². The minimum Gasteiger partial charge on any atom is -0.480 e. The number of ether oxygens (including phenoxy) is 2. The van der Waals surface area contributed by atoms with E-state index in [0.717, 1.165) is 6.42 Å². The maximum Gasteiger partial charge on any atom is 0.410 e. The van der Waals surface area contributed by atoms with E-state index < -0.39 is 5.60 Å². The number of nitrogens with zero attached hydrogens (tertiary/aromatic N) is 6. The summed E-state index contributed by atoms with van der Waals surface area (Å²) in [5.74, 6) is 0.850. The van der Waals surface area contributed by atoms with Gasteiger partial charge in [-0.2, -0.15) is 5.26 Å². The van der Waals surface area contributed by atoms with Crippen LogP contribution in [-0.2, 0) is 4.74 Å². The van der Waals surface area contributed by atoms with Crippen LogP contribution in [0.3, 0.4) is 0 Å². The number of hydrogen-bond acceptors (Lipinski definition) is 9. The summed E-state index contributed by atoms with van der Waals surface area (Å²) in [6.07, 6.45) is 3.54. The SMILES string of the molecule is COc1ncc(-c2ccc3ncnc(N[C@H]4CCN(C(=O)OC(C)(C)C)C4)c3n2)cc1C#N. The number of nitrogens with one attached hydrogen (secondary N) is 1. The molecule has 1 atom stereocenters. The summed E-state index contributed by atoms with van der Waals surface area (Å²) in [6.45, 7) is 6.66. The number of methoxy groups -OCH3 is 1. The van der Waals surface area contributed by atoms with Gasteiger partial charge in [0, 0.05) is 30.9 Å². The smallest absolute Gasteiger partial charge is 0.410 e. The maximum absolute atomic E-state index is 12.4. The van der Waals surface area contributed by atoms with Crippen LogP contribution in [0.5, 0.6) is 5.88 Å². The summed E-state index contributed by atoms with van der Waals surface area (Å²) < 4.78 is 10.6. The fourth-order valence-electron chi connectivity index (χ4n) is 3.61. The zero-order chi connectivity index (χ0) is 23.6. The molecule has 4 heterocycles. The van der Waals surface area contributed by atoms with Gasteiger partial charge in [-0.1, -0.05) is 0 Å². The van der Waals surface area contributed by atoms with Crippen LogP contribution in [0.1, 0.15) is 32.8 Å². The van der Waals surface area contributed by atoms with E-state index in [-0.39, 0.29) is 18.0 Å². The minimum atomic E-state index is -0.534. The Hall–Kier alpha value is -4.00. The first kappa shape index (κ1) is 22.2. The highest BCUT2D eigenvalue weighted by molar-refractivity contribution is 5.87. The van der Waals surface area contributed by atoms with Crippen molar-refractivity contribution in [2.75, 3.05) is 25.5 Å². The Morgan fingerprint density at radius 3 is 2.82 bits per heavy atom. The van der Waals surface area contributed by atoms with E-state index in [1.54, 1.807) is 17.2 Å². The maximum atomic E-state index is 12.4. The summed E-state index contributed by atoms with van der Waals surface area (Å²) in [4.78, 5) is 31.7. The molecule has 10 nitrogen and oxygen atoms in total. The van der Waals surface area contributed by atoms with Crippen LogP contribution >= 0.6 is 0 Å². The van der Waals surface area contributed by atoms with Gasteiger partial charge in [-0.3, -0.25) is 0 Å². The van der Waals surface area contributed by atoms with Crippen LogP contribution in [0.4, 0.5) is 10.6 Å². The largest absolute Gasteiger partial charge is 0.480 e. The molecule has 33 heavy (non-hydrogen) atoms. The van der Waals surface area contributed by atoms with Gasteiger partial charge in [0.1, 0.15) is 29.1 Å². The summed E-state index contributed by atoms with van der Waals surface area (Å²) in [5, 5.41) is 12.8. The van der Waals surface area contributed by atoms with Gasteiger partial charge in [0.2, 0.25) is 5.88 Å². The van der Waals surface area contributed by atoms with E-state index in [1.807, 2.05) is 32.9 Å². The van der Waals surface area contributed by atoms with Gasteiger partial charge < -0.3 is 19.7 Å². The van der Waals surface area contributed by atoms with Crippen LogP contribution < -0.4 is 10.1 Å². The molecule has 0 aromatic carbocycles. The molecule has 0 saturated carbocycles. The van der Waals surface area contributed by atoms with Crippen molar-refractivity contribution in [3.8, 4) is 23.2 Å². The number of rotatable bonds is 4. The van der Waals surface area contributed by atoms with Crippen LogP contribution in [0.15, 0.2) is 30.7 Å². The van der Waals surface area contributed by atoms with Gasteiger partial charge in [-0.05, 0) is 45.4 Å². The van der Waals surface area contributed by atoms with Gasteiger partial charge >= 0.3 is 6.09 Å². The quantitative estimate of drug-likeness (QED) is 0.640. The van der Waals surface area contributed by atoms with Crippen molar-refractivity contribution < 1.29 is 14.3 Å². The topological polar surface area (TPSA) is 126 Å². The van der Waals surface area contributed by atoms with Crippen LogP contribution in [0.2, 0.25) is 0 Å². The van der Waals surface area contributed by atoms with Crippen molar-refractivity contribution in [1.29, 1.82) is 5.26 Å². The van der Waals surface area contributed by atoms with Crippen molar-refractivity contribution in [2.24, 2.45) is 0 Å². The third-order valence-electron chi connectivity index (χ3n) is 5.12. The minimum absolute atomic E-state index is 0.00826. The lowest BCUT2D eigenvalue weighted by Crippen LogP contribution is -2.36. The highest BCUT2D eigenvalue weighted by Gasteiger charge is 2.30. The Kier molecular flexibility index (Phi) is 5.96. The van der Waals surface area contributed by atoms with Crippen LogP contribution in [0, 0.1) is 11.3 Å².